The van der Waals surface area contributed by atoms with Crippen molar-refractivity contribution in [3.05, 3.63) is 0 Å². The Kier molecular flexibility index (Phi) is 5.77. The van der Waals surface area contributed by atoms with E-state index in [4.69, 9.17) is 5.11 Å². The van der Waals surface area contributed by atoms with E-state index in [9.17, 15) is 9.90 Å². The maximum Gasteiger partial charge on any atom is 0.303 e. The average Bonchev–Trinajstić information content (AvgIpc) is 2.24. The van der Waals surface area contributed by atoms with Crippen LogP contribution in [0, 0.1) is 0 Å². The first-order valence-electron chi connectivity index (χ1n) is 6.23. The molecule has 94 valence electrons. The molecule has 1 aliphatic heterocycles. The van der Waals surface area contributed by atoms with Gasteiger partial charge < -0.3 is 15.1 Å². The number of aliphatic carboxylic acids is 1. The number of carbonyl (C=O) groups is 1. The van der Waals surface area contributed by atoms with E-state index in [1.165, 1.54) is 12.8 Å². The summed E-state index contributed by atoms with van der Waals surface area (Å²) in [6.45, 7) is 3.75. The van der Waals surface area contributed by atoms with E-state index in [1.807, 2.05) is 0 Å². The van der Waals surface area contributed by atoms with Crippen LogP contribution in [0.4, 0.5) is 0 Å². The molecule has 0 spiro atoms. The van der Waals surface area contributed by atoms with Crippen LogP contribution < -0.4 is 0 Å². The molecule has 0 aliphatic carbocycles. The van der Waals surface area contributed by atoms with E-state index in [-0.39, 0.29) is 12.5 Å². The Hall–Kier alpha value is -0.610. The van der Waals surface area contributed by atoms with Gasteiger partial charge in [0.25, 0.3) is 0 Å². The van der Waals surface area contributed by atoms with Crippen molar-refractivity contribution >= 4 is 5.97 Å². The maximum atomic E-state index is 10.6. The van der Waals surface area contributed by atoms with Gasteiger partial charge in [0.2, 0.25) is 0 Å². The van der Waals surface area contributed by atoms with Crippen LogP contribution in [0.2, 0.25) is 0 Å². The minimum absolute atomic E-state index is 0.260. The van der Waals surface area contributed by atoms with Gasteiger partial charge in [-0.2, -0.15) is 0 Å². The van der Waals surface area contributed by atoms with Crippen molar-refractivity contribution in [3.8, 4) is 0 Å². The molecule has 2 atom stereocenters. The van der Waals surface area contributed by atoms with Gasteiger partial charge in [0, 0.05) is 19.0 Å². The Bertz CT molecular complexity index is 218. The van der Waals surface area contributed by atoms with Gasteiger partial charge in [0.1, 0.15) is 0 Å². The number of rotatable bonds is 6. The first kappa shape index (κ1) is 13.5. The van der Waals surface area contributed by atoms with E-state index < -0.39 is 5.97 Å². The van der Waals surface area contributed by atoms with E-state index in [0.29, 0.717) is 6.04 Å². The van der Waals surface area contributed by atoms with Gasteiger partial charge in [-0.3, -0.25) is 4.79 Å². The zero-order valence-electron chi connectivity index (χ0n) is 10.1. The third-order valence-corrected chi connectivity index (χ3v) is 3.27. The lowest BCUT2D eigenvalue weighted by Gasteiger charge is -2.35. The van der Waals surface area contributed by atoms with Crippen LogP contribution in [0.15, 0.2) is 0 Å². The Morgan fingerprint density at radius 2 is 2.25 bits per heavy atom. The lowest BCUT2D eigenvalue weighted by atomic mass is 9.97. The van der Waals surface area contributed by atoms with Crippen LogP contribution in [0.1, 0.15) is 45.4 Å². The third kappa shape index (κ3) is 4.94. The van der Waals surface area contributed by atoms with Crippen molar-refractivity contribution in [2.24, 2.45) is 0 Å². The molecule has 1 heterocycles. The zero-order chi connectivity index (χ0) is 12.0. The standard InChI is InChI=1S/C12H23NO3/c1-10(14)7-9-13-8-3-2-4-11(13)5-6-12(15)16/h10-11,14H,2-9H2,1H3,(H,15,16). The molecule has 0 saturated carbocycles. The number of likely N-dealkylation sites (tertiary alicyclic amines) is 1. The zero-order valence-corrected chi connectivity index (χ0v) is 10.1. The van der Waals surface area contributed by atoms with Gasteiger partial charge in [-0.15, -0.1) is 0 Å². The predicted molar refractivity (Wildman–Crippen MR) is 62.4 cm³/mol. The molecule has 2 unspecified atom stereocenters. The molecule has 0 aromatic rings. The molecule has 0 bridgehead atoms. The van der Waals surface area contributed by atoms with Crippen LogP contribution in [-0.2, 0) is 4.79 Å². The summed E-state index contributed by atoms with van der Waals surface area (Å²) in [7, 11) is 0. The highest BCUT2D eigenvalue weighted by atomic mass is 16.4. The summed E-state index contributed by atoms with van der Waals surface area (Å²) < 4.78 is 0. The van der Waals surface area contributed by atoms with Gasteiger partial charge >= 0.3 is 5.97 Å². The van der Waals surface area contributed by atoms with Crippen molar-refractivity contribution in [1.29, 1.82) is 0 Å². The van der Waals surface area contributed by atoms with Crippen molar-refractivity contribution in [2.75, 3.05) is 13.1 Å². The average molecular weight is 229 g/mol. The fraction of sp³-hybridized carbons (Fsp3) is 0.917. The lowest BCUT2D eigenvalue weighted by molar-refractivity contribution is -0.137. The number of carboxylic acid groups (broad SMARTS) is 1. The minimum Gasteiger partial charge on any atom is -0.481 e. The summed E-state index contributed by atoms with van der Waals surface area (Å²) in [5.41, 5.74) is 0. The molecule has 1 rings (SSSR count). The number of aliphatic hydroxyl groups excluding tert-OH is 1. The molecule has 1 aliphatic rings. The summed E-state index contributed by atoms with van der Waals surface area (Å²) in [5, 5.41) is 18.0. The second-order valence-electron chi connectivity index (χ2n) is 4.76. The Labute approximate surface area is 97.3 Å². The summed E-state index contributed by atoms with van der Waals surface area (Å²) in [5.74, 6) is -0.707. The van der Waals surface area contributed by atoms with Crippen molar-refractivity contribution in [1.82, 2.24) is 4.90 Å². The predicted octanol–water partition coefficient (Wildman–Crippen LogP) is 1.48. The number of nitrogens with zero attached hydrogens (tertiary/aromatic N) is 1. The normalized spacial score (nSPS) is 24.2. The summed E-state index contributed by atoms with van der Waals surface area (Å²) >= 11 is 0. The SMILES string of the molecule is CC(O)CCN1CCCCC1CCC(=O)O. The molecule has 1 saturated heterocycles. The number of hydrogen-bond acceptors (Lipinski definition) is 3. The fourth-order valence-electron chi connectivity index (χ4n) is 2.32. The van der Waals surface area contributed by atoms with Gasteiger partial charge in [-0.25, -0.2) is 0 Å². The Morgan fingerprint density at radius 1 is 1.50 bits per heavy atom. The van der Waals surface area contributed by atoms with Gasteiger partial charge in [0.05, 0.1) is 6.10 Å². The van der Waals surface area contributed by atoms with Crippen LogP contribution in [0.5, 0.6) is 0 Å². The highest BCUT2D eigenvalue weighted by Crippen LogP contribution is 2.21. The first-order chi connectivity index (χ1) is 7.59. The molecule has 0 amide bonds. The van der Waals surface area contributed by atoms with Crippen LogP contribution in [0.25, 0.3) is 0 Å². The van der Waals surface area contributed by atoms with Crippen molar-refractivity contribution < 1.29 is 15.0 Å². The summed E-state index contributed by atoms with van der Waals surface area (Å²) in [6, 6.07) is 0.406. The number of aliphatic hydroxyl groups is 1. The number of hydrogen-bond donors (Lipinski definition) is 2. The highest BCUT2D eigenvalue weighted by molar-refractivity contribution is 5.66. The Morgan fingerprint density at radius 3 is 2.88 bits per heavy atom. The molecular formula is C12H23NO3. The van der Waals surface area contributed by atoms with E-state index in [0.717, 1.165) is 32.4 Å². The first-order valence-corrected chi connectivity index (χ1v) is 6.23. The second-order valence-corrected chi connectivity index (χ2v) is 4.76. The quantitative estimate of drug-likeness (QED) is 0.724. The number of carboxylic acids is 1. The van der Waals surface area contributed by atoms with Gasteiger partial charge in [0.15, 0.2) is 0 Å². The number of piperidine rings is 1. The van der Waals surface area contributed by atoms with E-state index >= 15 is 0 Å². The second kappa shape index (κ2) is 6.86. The third-order valence-electron chi connectivity index (χ3n) is 3.27. The van der Waals surface area contributed by atoms with Crippen LogP contribution >= 0.6 is 0 Å². The minimum atomic E-state index is -0.707. The van der Waals surface area contributed by atoms with Crippen molar-refractivity contribution in [3.63, 3.8) is 0 Å². The molecule has 1 fully saturated rings. The van der Waals surface area contributed by atoms with E-state index in [2.05, 4.69) is 4.90 Å². The monoisotopic (exact) mass is 229 g/mol. The molecule has 4 heteroatoms. The largest absolute Gasteiger partial charge is 0.481 e. The topological polar surface area (TPSA) is 60.8 Å². The van der Waals surface area contributed by atoms with Crippen molar-refractivity contribution in [2.45, 2.75) is 57.6 Å². The smallest absolute Gasteiger partial charge is 0.303 e. The summed E-state index contributed by atoms with van der Waals surface area (Å²) in [6.07, 6.45) is 5.03. The molecule has 0 aromatic heterocycles. The fourth-order valence-corrected chi connectivity index (χ4v) is 2.32. The molecule has 4 nitrogen and oxygen atoms in total. The highest BCUT2D eigenvalue weighted by Gasteiger charge is 2.22. The molecular weight excluding hydrogens is 206 g/mol. The maximum absolute atomic E-state index is 10.6. The Balaban J connectivity index is 2.34. The van der Waals surface area contributed by atoms with E-state index in [1.54, 1.807) is 6.92 Å². The van der Waals surface area contributed by atoms with Crippen LogP contribution in [-0.4, -0.2) is 46.3 Å². The summed E-state index contributed by atoms with van der Waals surface area (Å²) in [4.78, 5) is 12.9. The lowest BCUT2D eigenvalue weighted by Crippen LogP contribution is -2.41. The molecule has 0 aromatic carbocycles. The van der Waals surface area contributed by atoms with Crippen LogP contribution in [0.3, 0.4) is 0 Å². The van der Waals surface area contributed by atoms with Gasteiger partial charge in [-0.1, -0.05) is 6.42 Å². The molecule has 0 radical (unpaired) electrons. The molecule has 16 heavy (non-hydrogen) atoms. The molecule has 2 N–H and O–H groups in total. The van der Waals surface area contributed by atoms with Gasteiger partial charge in [-0.05, 0) is 39.2 Å².